The smallest absolute Gasteiger partial charge is 0.166 e. The van der Waals surface area contributed by atoms with Crippen molar-refractivity contribution in [3.8, 4) is 11.5 Å². The lowest BCUT2D eigenvalue weighted by atomic mass is 9.97. The van der Waals surface area contributed by atoms with Crippen LogP contribution in [-0.4, -0.2) is 12.9 Å². The molecule has 0 saturated heterocycles. The van der Waals surface area contributed by atoms with Gasteiger partial charge in [-0.25, -0.2) is 0 Å². The molecule has 0 radical (unpaired) electrons. The van der Waals surface area contributed by atoms with Gasteiger partial charge in [0, 0.05) is 6.42 Å². The highest BCUT2D eigenvalue weighted by atomic mass is 16.5. The number of aryl methyl sites for hydroxylation is 3. The first-order chi connectivity index (χ1) is 14.0. The summed E-state index contributed by atoms with van der Waals surface area (Å²) in [6.07, 6.45) is 1.04. The maximum Gasteiger partial charge on any atom is 0.166 e. The van der Waals surface area contributed by atoms with Gasteiger partial charge in [0.05, 0.1) is 12.7 Å². The van der Waals surface area contributed by atoms with E-state index in [9.17, 15) is 4.79 Å². The molecule has 3 heteroatoms. The minimum atomic E-state index is 0.0772. The first kappa shape index (κ1) is 20.7. The third-order valence-corrected chi connectivity index (χ3v) is 5.26. The highest BCUT2D eigenvalue weighted by molar-refractivity contribution is 5.98. The van der Waals surface area contributed by atoms with Crippen LogP contribution in [0, 0.1) is 20.8 Å². The molecule has 29 heavy (non-hydrogen) atoms. The fourth-order valence-electron chi connectivity index (χ4n) is 3.42. The average Bonchev–Trinajstić information content (AvgIpc) is 2.73. The maximum absolute atomic E-state index is 13.0. The van der Waals surface area contributed by atoms with Gasteiger partial charge in [0.1, 0.15) is 18.1 Å². The molecule has 0 bridgehead atoms. The molecule has 0 N–H and O–H groups in total. The fourth-order valence-corrected chi connectivity index (χ4v) is 3.42. The van der Waals surface area contributed by atoms with E-state index in [4.69, 9.17) is 9.47 Å². The van der Waals surface area contributed by atoms with Crippen molar-refractivity contribution in [2.45, 2.75) is 40.2 Å². The van der Waals surface area contributed by atoms with Gasteiger partial charge in [0.25, 0.3) is 0 Å². The molecule has 0 amide bonds. The van der Waals surface area contributed by atoms with Crippen LogP contribution >= 0.6 is 0 Å². The van der Waals surface area contributed by atoms with Gasteiger partial charge < -0.3 is 9.47 Å². The second kappa shape index (κ2) is 9.42. The quantitative estimate of drug-likeness (QED) is 0.443. The molecule has 150 valence electrons. The Kier molecular flexibility index (Phi) is 6.71. The zero-order chi connectivity index (χ0) is 20.8. The van der Waals surface area contributed by atoms with Crippen molar-refractivity contribution in [1.29, 1.82) is 0 Å². The van der Waals surface area contributed by atoms with E-state index in [0.717, 1.165) is 28.0 Å². The first-order valence-corrected chi connectivity index (χ1v) is 9.93. The molecule has 0 saturated carbocycles. The summed E-state index contributed by atoms with van der Waals surface area (Å²) in [6.45, 7) is 6.56. The summed E-state index contributed by atoms with van der Waals surface area (Å²) >= 11 is 0. The number of ether oxygens (including phenoxy) is 2. The van der Waals surface area contributed by atoms with E-state index >= 15 is 0 Å². The number of hydrogen-bond acceptors (Lipinski definition) is 3. The average molecular weight is 389 g/mol. The Labute approximate surface area is 173 Å². The second-order valence-corrected chi connectivity index (χ2v) is 7.40. The van der Waals surface area contributed by atoms with Crippen molar-refractivity contribution in [1.82, 2.24) is 0 Å². The number of ketones is 1. The van der Waals surface area contributed by atoms with Gasteiger partial charge in [-0.3, -0.25) is 4.79 Å². The number of carbonyl (C=O) groups excluding carboxylic acids is 1. The molecule has 0 heterocycles. The van der Waals surface area contributed by atoms with Crippen LogP contribution in [0.15, 0.2) is 60.7 Å². The predicted octanol–water partition coefficient (Wildman–Crippen LogP) is 6.01. The van der Waals surface area contributed by atoms with Gasteiger partial charge in [-0.2, -0.15) is 0 Å². The van der Waals surface area contributed by atoms with Crippen LogP contribution in [0.2, 0.25) is 0 Å². The number of carbonyl (C=O) groups is 1. The van der Waals surface area contributed by atoms with E-state index < -0.39 is 0 Å². The van der Waals surface area contributed by atoms with Gasteiger partial charge >= 0.3 is 0 Å². The lowest BCUT2D eigenvalue weighted by Gasteiger charge is -2.14. The summed E-state index contributed by atoms with van der Waals surface area (Å²) in [5.41, 5.74) is 6.15. The van der Waals surface area contributed by atoms with Gasteiger partial charge in [0.2, 0.25) is 0 Å². The zero-order valence-electron chi connectivity index (χ0n) is 17.6. The van der Waals surface area contributed by atoms with Crippen molar-refractivity contribution in [2.75, 3.05) is 7.11 Å². The third kappa shape index (κ3) is 5.05. The van der Waals surface area contributed by atoms with Crippen molar-refractivity contribution < 1.29 is 14.3 Å². The Morgan fingerprint density at radius 3 is 2.41 bits per heavy atom. The largest absolute Gasteiger partial charge is 0.496 e. The van der Waals surface area contributed by atoms with Crippen molar-refractivity contribution in [2.24, 2.45) is 0 Å². The minimum absolute atomic E-state index is 0.0772. The van der Waals surface area contributed by atoms with Crippen LogP contribution in [0.25, 0.3) is 0 Å². The molecule has 0 aliphatic rings. The number of methoxy groups -OCH3 is 1. The molecular formula is C26H28O3. The van der Waals surface area contributed by atoms with Gasteiger partial charge in [-0.15, -0.1) is 0 Å². The SMILES string of the molecule is COc1c(CCC(=O)c2ccc(C)cc2OCc2ccccc2)ccc(C)c1C. The molecule has 0 atom stereocenters. The number of benzene rings is 3. The second-order valence-electron chi connectivity index (χ2n) is 7.40. The molecule has 0 fully saturated rings. The van der Waals surface area contributed by atoms with Crippen molar-refractivity contribution in [3.63, 3.8) is 0 Å². The Morgan fingerprint density at radius 1 is 0.931 bits per heavy atom. The third-order valence-electron chi connectivity index (χ3n) is 5.26. The lowest BCUT2D eigenvalue weighted by molar-refractivity contribution is 0.0978. The fraction of sp³-hybridized carbons (Fsp3) is 0.269. The monoisotopic (exact) mass is 388 g/mol. The lowest BCUT2D eigenvalue weighted by Crippen LogP contribution is -2.07. The highest BCUT2D eigenvalue weighted by Gasteiger charge is 2.15. The Morgan fingerprint density at radius 2 is 1.69 bits per heavy atom. The maximum atomic E-state index is 13.0. The Bertz CT molecular complexity index is 990. The van der Waals surface area contributed by atoms with Crippen LogP contribution < -0.4 is 9.47 Å². The Hall–Kier alpha value is -3.07. The zero-order valence-corrected chi connectivity index (χ0v) is 17.6. The van der Waals surface area contributed by atoms with Crippen LogP contribution in [0.3, 0.4) is 0 Å². The molecule has 0 unspecified atom stereocenters. The van der Waals surface area contributed by atoms with E-state index in [0.29, 0.717) is 30.8 Å². The summed E-state index contributed by atoms with van der Waals surface area (Å²) in [5, 5.41) is 0. The summed E-state index contributed by atoms with van der Waals surface area (Å²) in [7, 11) is 1.68. The molecule has 0 spiro atoms. The molecule has 0 aliphatic carbocycles. The number of hydrogen-bond donors (Lipinski definition) is 0. The van der Waals surface area contributed by atoms with Gasteiger partial charge in [0.15, 0.2) is 5.78 Å². The number of rotatable bonds is 8. The standard InChI is InChI=1S/C26H28O3/c1-18-10-14-23(25(16-18)29-17-21-8-6-5-7-9-21)24(27)15-13-22-12-11-19(2)20(3)26(22)28-4/h5-12,14,16H,13,15,17H2,1-4H3. The minimum Gasteiger partial charge on any atom is -0.496 e. The van der Waals surface area contributed by atoms with E-state index in [1.807, 2.05) is 55.5 Å². The van der Waals surface area contributed by atoms with E-state index in [2.05, 4.69) is 26.0 Å². The summed E-state index contributed by atoms with van der Waals surface area (Å²) < 4.78 is 11.6. The predicted molar refractivity (Wildman–Crippen MR) is 117 cm³/mol. The van der Waals surface area contributed by atoms with Crippen LogP contribution in [-0.2, 0) is 13.0 Å². The Balaban J connectivity index is 1.75. The molecular weight excluding hydrogens is 360 g/mol. The van der Waals surface area contributed by atoms with Crippen molar-refractivity contribution >= 4 is 5.78 Å². The number of Topliss-reactive ketones (excluding diaryl/α,β-unsaturated/α-hetero) is 1. The molecule has 3 nitrogen and oxygen atoms in total. The normalized spacial score (nSPS) is 10.6. The molecule has 3 aromatic carbocycles. The summed E-state index contributed by atoms with van der Waals surface area (Å²) in [6, 6.07) is 19.9. The molecule has 0 aliphatic heterocycles. The molecule has 0 aromatic heterocycles. The van der Waals surface area contributed by atoms with E-state index in [-0.39, 0.29) is 5.78 Å². The summed E-state index contributed by atoms with van der Waals surface area (Å²) in [4.78, 5) is 13.0. The first-order valence-electron chi connectivity index (χ1n) is 9.93. The molecule has 3 aromatic rings. The molecule has 3 rings (SSSR count). The summed E-state index contributed by atoms with van der Waals surface area (Å²) in [5.74, 6) is 1.60. The van der Waals surface area contributed by atoms with Crippen LogP contribution in [0.5, 0.6) is 11.5 Å². The van der Waals surface area contributed by atoms with Crippen LogP contribution in [0.4, 0.5) is 0 Å². The van der Waals surface area contributed by atoms with E-state index in [1.54, 1.807) is 7.11 Å². The van der Waals surface area contributed by atoms with Gasteiger partial charge in [-0.1, -0.05) is 48.5 Å². The van der Waals surface area contributed by atoms with Gasteiger partial charge in [-0.05, 0) is 67.1 Å². The van der Waals surface area contributed by atoms with Crippen molar-refractivity contribution in [3.05, 3.63) is 94.0 Å². The van der Waals surface area contributed by atoms with E-state index in [1.165, 1.54) is 5.56 Å². The topological polar surface area (TPSA) is 35.5 Å². The van der Waals surface area contributed by atoms with Crippen LogP contribution in [0.1, 0.15) is 44.6 Å². The highest BCUT2D eigenvalue weighted by Crippen LogP contribution is 2.29.